The fraction of sp³-hybridized carbons (Fsp3) is 0.714. The number of anilines is 2. The molecule has 1 saturated heterocycles. The van der Waals surface area contributed by atoms with Crippen LogP contribution in [-0.2, 0) is 0 Å². The van der Waals surface area contributed by atoms with Crippen LogP contribution in [0.3, 0.4) is 0 Å². The lowest BCUT2D eigenvalue weighted by atomic mass is 10.1. The summed E-state index contributed by atoms with van der Waals surface area (Å²) in [6, 6.07) is 0.543. The van der Waals surface area contributed by atoms with Crippen molar-refractivity contribution in [1.29, 1.82) is 0 Å². The van der Waals surface area contributed by atoms with E-state index in [-0.39, 0.29) is 0 Å². The van der Waals surface area contributed by atoms with Crippen LogP contribution in [-0.4, -0.2) is 22.6 Å². The van der Waals surface area contributed by atoms with Gasteiger partial charge in [-0.2, -0.15) is 0 Å². The Kier molecular flexibility index (Phi) is 3.09. The first-order chi connectivity index (χ1) is 9.10. The van der Waals surface area contributed by atoms with Crippen molar-refractivity contribution in [2.45, 2.75) is 52.0 Å². The van der Waals surface area contributed by atoms with E-state index in [0.717, 1.165) is 35.5 Å². The summed E-state index contributed by atoms with van der Waals surface area (Å²) < 4.78 is 0. The first kappa shape index (κ1) is 12.7. The molecule has 5 heteroatoms. The summed E-state index contributed by atoms with van der Waals surface area (Å²) in [5, 5.41) is 0. The van der Waals surface area contributed by atoms with Crippen molar-refractivity contribution >= 4 is 11.6 Å². The second-order valence-electron chi connectivity index (χ2n) is 6.14. The maximum Gasteiger partial charge on any atom is 0.148 e. The molecule has 1 aliphatic carbocycles. The third kappa shape index (κ3) is 2.27. The quantitative estimate of drug-likeness (QED) is 0.645. The summed E-state index contributed by atoms with van der Waals surface area (Å²) in [6.45, 7) is 7.71. The molecule has 1 aromatic heterocycles. The van der Waals surface area contributed by atoms with Gasteiger partial charge in [0.15, 0.2) is 0 Å². The number of hydrazine groups is 1. The number of rotatable bonds is 3. The monoisotopic (exact) mass is 261 g/mol. The highest BCUT2D eigenvalue weighted by molar-refractivity contribution is 5.59. The number of hydrogen-bond acceptors (Lipinski definition) is 5. The van der Waals surface area contributed by atoms with Crippen LogP contribution in [0.2, 0.25) is 0 Å². The molecule has 104 valence electrons. The van der Waals surface area contributed by atoms with Gasteiger partial charge in [0.05, 0.1) is 0 Å². The Morgan fingerprint density at radius 3 is 2.53 bits per heavy atom. The van der Waals surface area contributed by atoms with Crippen LogP contribution in [0.1, 0.15) is 50.4 Å². The number of nitrogens with one attached hydrogen (secondary N) is 1. The number of hydrogen-bond donors (Lipinski definition) is 2. The Morgan fingerprint density at radius 2 is 2.00 bits per heavy atom. The van der Waals surface area contributed by atoms with E-state index in [2.05, 4.69) is 36.1 Å². The molecule has 1 aromatic rings. The lowest BCUT2D eigenvalue weighted by Gasteiger charge is -2.25. The molecule has 2 aliphatic rings. The first-order valence-electron chi connectivity index (χ1n) is 7.22. The molecule has 2 heterocycles. The second kappa shape index (κ2) is 4.63. The third-order valence-electron chi connectivity index (χ3n) is 4.27. The zero-order valence-corrected chi connectivity index (χ0v) is 12.0. The number of nitrogens with two attached hydrogens (primary N) is 1. The van der Waals surface area contributed by atoms with E-state index in [1.54, 1.807) is 0 Å². The van der Waals surface area contributed by atoms with Crippen molar-refractivity contribution in [3.63, 3.8) is 0 Å². The Labute approximate surface area is 114 Å². The normalized spacial score (nSPS) is 26.8. The average Bonchev–Trinajstić information content (AvgIpc) is 3.16. The highest BCUT2D eigenvalue weighted by Crippen LogP contribution is 2.40. The summed E-state index contributed by atoms with van der Waals surface area (Å²) in [5.74, 6) is 9.69. The molecular weight excluding hydrogens is 238 g/mol. The molecular formula is C14H23N5. The van der Waals surface area contributed by atoms with Gasteiger partial charge in [-0.25, -0.2) is 15.8 Å². The standard InChI is InChI=1S/C14H23N5/c1-8-6-9(2)19(7-8)14-10(3)12(18-15)16-13(17-14)11-4-5-11/h8-9,11H,4-7,15H2,1-3H3,(H,16,17,18). The van der Waals surface area contributed by atoms with Gasteiger partial charge in [-0.1, -0.05) is 6.92 Å². The van der Waals surface area contributed by atoms with Crippen molar-refractivity contribution in [3.05, 3.63) is 11.4 Å². The lowest BCUT2D eigenvalue weighted by molar-refractivity contribution is 0.625. The number of nitrogen functional groups attached to an aromatic ring is 1. The van der Waals surface area contributed by atoms with E-state index in [1.807, 2.05) is 0 Å². The van der Waals surface area contributed by atoms with Crippen molar-refractivity contribution in [2.24, 2.45) is 11.8 Å². The van der Waals surface area contributed by atoms with Gasteiger partial charge in [0.2, 0.25) is 0 Å². The van der Waals surface area contributed by atoms with Gasteiger partial charge in [0.1, 0.15) is 17.5 Å². The smallest absolute Gasteiger partial charge is 0.148 e. The maximum absolute atomic E-state index is 5.61. The molecule has 3 N–H and O–H groups in total. The fourth-order valence-corrected chi connectivity index (χ4v) is 3.06. The van der Waals surface area contributed by atoms with Crippen LogP contribution < -0.4 is 16.2 Å². The molecule has 2 atom stereocenters. The van der Waals surface area contributed by atoms with E-state index >= 15 is 0 Å². The van der Waals surface area contributed by atoms with E-state index in [1.165, 1.54) is 19.3 Å². The predicted octanol–water partition coefficient (Wildman–Crippen LogP) is 2.18. The Morgan fingerprint density at radius 1 is 1.26 bits per heavy atom. The molecule has 1 saturated carbocycles. The minimum Gasteiger partial charge on any atom is -0.353 e. The molecule has 0 spiro atoms. The molecule has 0 amide bonds. The van der Waals surface area contributed by atoms with E-state index < -0.39 is 0 Å². The van der Waals surface area contributed by atoms with E-state index in [0.29, 0.717) is 12.0 Å². The molecule has 2 unspecified atom stereocenters. The topological polar surface area (TPSA) is 67.1 Å². The van der Waals surface area contributed by atoms with Gasteiger partial charge < -0.3 is 10.3 Å². The third-order valence-corrected chi connectivity index (χ3v) is 4.27. The zero-order chi connectivity index (χ0) is 13.6. The molecule has 5 nitrogen and oxygen atoms in total. The minimum absolute atomic E-state index is 0.543. The highest BCUT2D eigenvalue weighted by Gasteiger charge is 2.32. The largest absolute Gasteiger partial charge is 0.353 e. The van der Waals surface area contributed by atoms with Crippen LogP contribution in [0.15, 0.2) is 0 Å². The van der Waals surface area contributed by atoms with Crippen molar-refractivity contribution in [1.82, 2.24) is 9.97 Å². The van der Waals surface area contributed by atoms with Gasteiger partial charge >= 0.3 is 0 Å². The van der Waals surface area contributed by atoms with Crippen molar-refractivity contribution in [2.75, 3.05) is 16.9 Å². The Bertz CT molecular complexity index is 483. The SMILES string of the molecule is Cc1c(NN)nc(C2CC2)nc1N1CC(C)CC1C. The van der Waals surface area contributed by atoms with Crippen LogP contribution in [0, 0.1) is 12.8 Å². The minimum atomic E-state index is 0.543. The second-order valence-corrected chi connectivity index (χ2v) is 6.14. The Hall–Kier alpha value is -1.36. The summed E-state index contributed by atoms with van der Waals surface area (Å²) in [5.41, 5.74) is 3.79. The molecule has 0 aromatic carbocycles. The van der Waals surface area contributed by atoms with E-state index in [9.17, 15) is 0 Å². The molecule has 0 bridgehead atoms. The summed E-state index contributed by atoms with van der Waals surface area (Å²) in [7, 11) is 0. The summed E-state index contributed by atoms with van der Waals surface area (Å²) >= 11 is 0. The van der Waals surface area contributed by atoms with Gasteiger partial charge in [-0.15, -0.1) is 0 Å². The summed E-state index contributed by atoms with van der Waals surface area (Å²) in [6.07, 6.45) is 3.64. The molecule has 2 fully saturated rings. The van der Waals surface area contributed by atoms with E-state index in [4.69, 9.17) is 10.8 Å². The lowest BCUT2D eigenvalue weighted by Crippen LogP contribution is -2.29. The van der Waals surface area contributed by atoms with Crippen LogP contribution in [0.4, 0.5) is 11.6 Å². The fourth-order valence-electron chi connectivity index (χ4n) is 3.06. The first-order valence-corrected chi connectivity index (χ1v) is 7.22. The van der Waals surface area contributed by atoms with Crippen LogP contribution in [0.25, 0.3) is 0 Å². The summed E-state index contributed by atoms with van der Waals surface area (Å²) in [4.78, 5) is 11.8. The maximum atomic E-state index is 5.61. The number of nitrogens with zero attached hydrogens (tertiary/aromatic N) is 3. The molecule has 3 rings (SSSR count). The van der Waals surface area contributed by atoms with Gasteiger partial charge in [0.25, 0.3) is 0 Å². The van der Waals surface area contributed by atoms with Gasteiger partial charge in [0, 0.05) is 24.1 Å². The molecule has 0 radical (unpaired) electrons. The van der Waals surface area contributed by atoms with Gasteiger partial charge in [-0.05, 0) is 39.0 Å². The molecule has 1 aliphatic heterocycles. The predicted molar refractivity (Wildman–Crippen MR) is 77.1 cm³/mol. The van der Waals surface area contributed by atoms with Crippen molar-refractivity contribution < 1.29 is 0 Å². The van der Waals surface area contributed by atoms with Crippen molar-refractivity contribution in [3.8, 4) is 0 Å². The zero-order valence-electron chi connectivity index (χ0n) is 12.0. The average molecular weight is 261 g/mol. The molecule has 19 heavy (non-hydrogen) atoms. The Balaban J connectivity index is 2.01. The van der Waals surface area contributed by atoms with Gasteiger partial charge in [-0.3, -0.25) is 0 Å². The van der Waals surface area contributed by atoms with Crippen LogP contribution >= 0.6 is 0 Å². The van der Waals surface area contributed by atoms with Crippen LogP contribution in [0.5, 0.6) is 0 Å². The highest BCUT2D eigenvalue weighted by atomic mass is 15.3. The number of aromatic nitrogens is 2.